The normalized spacial score (nSPS) is 18.1. The molecule has 3 nitrogen and oxygen atoms in total. The number of hydrogen-bond acceptors (Lipinski definition) is 2. The Morgan fingerprint density at radius 1 is 1.35 bits per heavy atom. The molecule has 0 bridgehead atoms. The van der Waals surface area contributed by atoms with Crippen molar-refractivity contribution in [2.75, 3.05) is 6.54 Å². The molecule has 0 radical (unpaired) electrons. The number of aromatic nitrogens is 2. The topological polar surface area (TPSA) is 29.9 Å². The molecular weight excluding hydrogens is 270 g/mol. The highest BCUT2D eigenvalue weighted by atomic mass is 35.5. The summed E-state index contributed by atoms with van der Waals surface area (Å²) in [5.41, 5.74) is 2.69. The van der Waals surface area contributed by atoms with Crippen molar-refractivity contribution >= 4 is 11.6 Å². The Morgan fingerprint density at radius 2 is 2.00 bits per heavy atom. The summed E-state index contributed by atoms with van der Waals surface area (Å²) in [4.78, 5) is 0. The van der Waals surface area contributed by atoms with Gasteiger partial charge in [-0.2, -0.15) is 5.10 Å². The molecule has 1 aromatic heterocycles. The molecule has 0 saturated heterocycles. The van der Waals surface area contributed by atoms with Gasteiger partial charge in [-0.15, -0.1) is 0 Å². The second-order valence-electron chi connectivity index (χ2n) is 6.89. The lowest BCUT2D eigenvalue weighted by Gasteiger charge is -2.31. The van der Waals surface area contributed by atoms with Gasteiger partial charge >= 0.3 is 0 Å². The van der Waals surface area contributed by atoms with Gasteiger partial charge in [-0.1, -0.05) is 38.3 Å². The van der Waals surface area contributed by atoms with E-state index >= 15 is 0 Å². The van der Waals surface area contributed by atoms with Crippen molar-refractivity contribution in [3.63, 3.8) is 0 Å². The number of nitrogens with one attached hydrogen (secondary N) is 1. The largest absolute Gasteiger partial charge is 0.312 e. The first-order chi connectivity index (χ1) is 9.43. The van der Waals surface area contributed by atoms with Crippen LogP contribution in [0.4, 0.5) is 0 Å². The third-order valence-corrected chi connectivity index (χ3v) is 5.05. The van der Waals surface area contributed by atoms with Gasteiger partial charge in [0.2, 0.25) is 0 Å². The summed E-state index contributed by atoms with van der Waals surface area (Å²) < 4.78 is 1.76. The van der Waals surface area contributed by atoms with E-state index in [2.05, 4.69) is 24.3 Å². The first-order valence-corrected chi connectivity index (χ1v) is 8.20. The monoisotopic (exact) mass is 297 g/mol. The van der Waals surface area contributed by atoms with Gasteiger partial charge in [0.25, 0.3) is 0 Å². The summed E-state index contributed by atoms with van der Waals surface area (Å²) in [5, 5.41) is 8.78. The van der Waals surface area contributed by atoms with Crippen molar-refractivity contribution in [1.82, 2.24) is 15.1 Å². The van der Waals surface area contributed by atoms with Crippen LogP contribution in [0.3, 0.4) is 0 Å². The van der Waals surface area contributed by atoms with E-state index in [4.69, 9.17) is 11.6 Å². The summed E-state index contributed by atoms with van der Waals surface area (Å²) in [6.07, 6.45) is 6.86. The maximum atomic E-state index is 6.29. The Morgan fingerprint density at radius 3 is 2.50 bits per heavy atom. The first-order valence-electron chi connectivity index (χ1n) is 7.82. The van der Waals surface area contributed by atoms with Gasteiger partial charge in [0.15, 0.2) is 0 Å². The summed E-state index contributed by atoms with van der Waals surface area (Å²) in [7, 11) is 1.90. The van der Waals surface area contributed by atoms with Gasteiger partial charge in [-0.05, 0) is 37.5 Å². The number of nitrogens with zero attached hydrogens (tertiary/aromatic N) is 2. The Bertz CT molecular complexity index is 445. The van der Waals surface area contributed by atoms with Crippen LogP contribution in [0.2, 0.25) is 5.15 Å². The van der Waals surface area contributed by atoms with E-state index in [1.54, 1.807) is 4.68 Å². The van der Waals surface area contributed by atoms with E-state index in [1.165, 1.54) is 32.1 Å². The van der Waals surface area contributed by atoms with E-state index in [0.29, 0.717) is 5.41 Å². The van der Waals surface area contributed by atoms with Gasteiger partial charge in [0.05, 0.1) is 5.69 Å². The minimum Gasteiger partial charge on any atom is -0.312 e. The molecule has 4 heteroatoms. The Labute approximate surface area is 128 Å². The highest BCUT2D eigenvalue weighted by molar-refractivity contribution is 6.30. The molecule has 0 spiro atoms. The quantitative estimate of drug-likeness (QED) is 0.857. The maximum absolute atomic E-state index is 6.29. The maximum Gasteiger partial charge on any atom is 0.131 e. The fourth-order valence-corrected chi connectivity index (χ4v) is 4.01. The number of hydrogen-bond donors (Lipinski definition) is 1. The van der Waals surface area contributed by atoms with Gasteiger partial charge < -0.3 is 5.32 Å². The highest BCUT2D eigenvalue weighted by Crippen LogP contribution is 2.42. The Hall–Kier alpha value is -0.540. The number of rotatable bonds is 6. The third kappa shape index (κ3) is 3.56. The predicted molar refractivity (Wildman–Crippen MR) is 85.0 cm³/mol. The molecule has 1 aliphatic rings. The summed E-state index contributed by atoms with van der Waals surface area (Å²) in [6.45, 7) is 8.64. The van der Waals surface area contributed by atoms with Crippen LogP contribution in [-0.4, -0.2) is 16.3 Å². The van der Waals surface area contributed by atoms with E-state index in [0.717, 1.165) is 35.4 Å². The molecule has 0 amide bonds. The smallest absolute Gasteiger partial charge is 0.131 e. The van der Waals surface area contributed by atoms with Crippen molar-refractivity contribution in [1.29, 1.82) is 0 Å². The van der Waals surface area contributed by atoms with Gasteiger partial charge in [-0.25, -0.2) is 0 Å². The van der Waals surface area contributed by atoms with Crippen molar-refractivity contribution < 1.29 is 0 Å². The molecule has 0 aliphatic heterocycles. The molecule has 1 aromatic rings. The van der Waals surface area contributed by atoms with Crippen LogP contribution in [-0.2, 0) is 13.6 Å². The minimum atomic E-state index is 0.511. The Kier molecular flexibility index (Phi) is 5.14. The van der Waals surface area contributed by atoms with E-state index < -0.39 is 0 Å². The standard InChI is InChI=1S/C16H28ClN3/c1-12(2)9-16(7-5-6-8-16)11-18-10-14-13(3)19-20(4)15(14)17/h12,18H,5-11H2,1-4H3. The summed E-state index contributed by atoms with van der Waals surface area (Å²) in [6, 6.07) is 0. The molecule has 1 N–H and O–H groups in total. The van der Waals surface area contributed by atoms with E-state index in [-0.39, 0.29) is 0 Å². The van der Waals surface area contributed by atoms with Crippen LogP contribution in [0.5, 0.6) is 0 Å². The molecule has 1 fully saturated rings. The molecule has 0 atom stereocenters. The van der Waals surface area contributed by atoms with Crippen molar-refractivity contribution in [3.8, 4) is 0 Å². The molecule has 2 rings (SSSR count). The second-order valence-corrected chi connectivity index (χ2v) is 7.25. The van der Waals surface area contributed by atoms with Crippen LogP contribution in [0.25, 0.3) is 0 Å². The SMILES string of the molecule is Cc1nn(C)c(Cl)c1CNCC1(CC(C)C)CCCC1. The lowest BCUT2D eigenvalue weighted by molar-refractivity contribution is 0.223. The molecule has 1 heterocycles. The molecule has 114 valence electrons. The fourth-order valence-electron chi connectivity index (χ4n) is 3.77. The molecule has 1 saturated carbocycles. The minimum absolute atomic E-state index is 0.511. The van der Waals surface area contributed by atoms with E-state index in [1.807, 2.05) is 14.0 Å². The zero-order valence-electron chi connectivity index (χ0n) is 13.3. The van der Waals surface area contributed by atoms with Crippen LogP contribution in [0, 0.1) is 18.3 Å². The second kappa shape index (κ2) is 6.48. The lowest BCUT2D eigenvalue weighted by Crippen LogP contribution is -2.33. The predicted octanol–water partition coefficient (Wildman–Crippen LogP) is 4.08. The summed E-state index contributed by atoms with van der Waals surface area (Å²) >= 11 is 6.29. The molecule has 1 aliphatic carbocycles. The van der Waals surface area contributed by atoms with E-state index in [9.17, 15) is 0 Å². The zero-order chi connectivity index (χ0) is 14.8. The van der Waals surface area contributed by atoms with Crippen molar-refractivity contribution in [3.05, 3.63) is 16.4 Å². The number of aryl methyl sites for hydroxylation is 2. The van der Waals surface area contributed by atoms with Crippen LogP contribution in [0.15, 0.2) is 0 Å². The van der Waals surface area contributed by atoms with Crippen molar-refractivity contribution in [2.45, 2.75) is 59.4 Å². The molecule has 20 heavy (non-hydrogen) atoms. The van der Waals surface area contributed by atoms with Gasteiger partial charge in [0, 0.05) is 25.7 Å². The first kappa shape index (κ1) is 15.8. The van der Waals surface area contributed by atoms with Gasteiger partial charge in [-0.3, -0.25) is 4.68 Å². The molecule has 0 aromatic carbocycles. The highest BCUT2D eigenvalue weighted by Gasteiger charge is 2.33. The third-order valence-electron chi connectivity index (χ3n) is 4.58. The van der Waals surface area contributed by atoms with Gasteiger partial charge in [0.1, 0.15) is 5.15 Å². The lowest BCUT2D eigenvalue weighted by atomic mass is 9.78. The molecule has 0 unspecified atom stereocenters. The zero-order valence-corrected chi connectivity index (χ0v) is 14.1. The van der Waals surface area contributed by atoms with Crippen LogP contribution >= 0.6 is 11.6 Å². The van der Waals surface area contributed by atoms with Crippen LogP contribution in [0.1, 0.15) is 57.2 Å². The summed E-state index contributed by atoms with van der Waals surface area (Å²) in [5.74, 6) is 0.776. The fraction of sp³-hybridized carbons (Fsp3) is 0.812. The van der Waals surface area contributed by atoms with Crippen LogP contribution < -0.4 is 5.32 Å². The average molecular weight is 298 g/mol. The number of halogens is 1. The average Bonchev–Trinajstić information content (AvgIpc) is 2.89. The Balaban J connectivity index is 1.93. The van der Waals surface area contributed by atoms with Crippen molar-refractivity contribution in [2.24, 2.45) is 18.4 Å². The molecular formula is C16H28ClN3.